The molecular formula is C14H13N3O3. The Balaban J connectivity index is 2.13. The number of amides is 1. The molecule has 1 aromatic heterocycles. The molecule has 0 bridgehead atoms. The van der Waals surface area contributed by atoms with Gasteiger partial charge < -0.3 is 10.2 Å². The molecule has 0 saturated heterocycles. The third-order valence-corrected chi connectivity index (χ3v) is 2.62. The molecule has 0 unspecified atom stereocenters. The average molecular weight is 271 g/mol. The Bertz CT molecular complexity index is 654. The molecular weight excluding hydrogens is 258 g/mol. The minimum atomic E-state index is -0.393. The van der Waals surface area contributed by atoms with Crippen molar-refractivity contribution in [2.24, 2.45) is 5.10 Å². The Morgan fingerprint density at radius 3 is 2.75 bits per heavy atom. The molecule has 0 spiro atoms. The van der Waals surface area contributed by atoms with Crippen LogP contribution in [0.3, 0.4) is 0 Å². The smallest absolute Gasteiger partial charge is 0.272 e. The summed E-state index contributed by atoms with van der Waals surface area (Å²) in [4.78, 5) is 15.6. The summed E-state index contributed by atoms with van der Waals surface area (Å²) in [5.74, 6) is -0.545. The summed E-state index contributed by atoms with van der Waals surface area (Å²) in [6, 6.07) is 7.41. The number of carbonyl (C=O) groups is 1. The quantitative estimate of drug-likeness (QED) is 0.584. The standard InChI is InChI=1S/C14H13N3O3/c1-9(12-5-4-11(18)7-13(12)19)16-17-14(20)10-3-2-6-15-8-10/h2-8,18-19H,1H3,(H,17,20). The first kappa shape index (κ1) is 13.5. The van der Waals surface area contributed by atoms with Gasteiger partial charge in [0.2, 0.25) is 0 Å². The van der Waals surface area contributed by atoms with Crippen LogP contribution in [0.4, 0.5) is 0 Å². The maximum Gasteiger partial charge on any atom is 0.272 e. The molecule has 0 aliphatic heterocycles. The van der Waals surface area contributed by atoms with Crippen LogP contribution in [-0.2, 0) is 0 Å². The number of nitrogens with one attached hydrogen (secondary N) is 1. The van der Waals surface area contributed by atoms with Gasteiger partial charge in [-0.2, -0.15) is 5.10 Å². The maximum atomic E-state index is 11.8. The van der Waals surface area contributed by atoms with Gasteiger partial charge in [0.25, 0.3) is 5.91 Å². The lowest BCUT2D eigenvalue weighted by Gasteiger charge is -2.05. The second-order valence-corrected chi connectivity index (χ2v) is 4.08. The fourth-order valence-corrected chi connectivity index (χ4v) is 1.58. The van der Waals surface area contributed by atoms with Crippen LogP contribution in [0.25, 0.3) is 0 Å². The molecule has 1 aromatic carbocycles. The van der Waals surface area contributed by atoms with Gasteiger partial charge in [-0.05, 0) is 31.2 Å². The van der Waals surface area contributed by atoms with E-state index >= 15 is 0 Å². The van der Waals surface area contributed by atoms with E-state index in [-0.39, 0.29) is 11.5 Å². The highest BCUT2D eigenvalue weighted by molar-refractivity contribution is 6.02. The maximum absolute atomic E-state index is 11.8. The number of benzene rings is 1. The number of hydrazone groups is 1. The highest BCUT2D eigenvalue weighted by atomic mass is 16.3. The fourth-order valence-electron chi connectivity index (χ4n) is 1.58. The highest BCUT2D eigenvalue weighted by Gasteiger charge is 2.07. The summed E-state index contributed by atoms with van der Waals surface area (Å²) in [7, 11) is 0. The molecule has 0 atom stereocenters. The summed E-state index contributed by atoms with van der Waals surface area (Å²) in [5, 5.41) is 22.8. The molecule has 20 heavy (non-hydrogen) atoms. The van der Waals surface area contributed by atoms with E-state index in [2.05, 4.69) is 15.5 Å². The van der Waals surface area contributed by atoms with E-state index in [9.17, 15) is 15.0 Å². The summed E-state index contributed by atoms with van der Waals surface area (Å²) in [5.41, 5.74) is 3.60. The molecule has 6 heteroatoms. The largest absolute Gasteiger partial charge is 0.508 e. The van der Waals surface area contributed by atoms with Crippen molar-refractivity contribution in [1.29, 1.82) is 0 Å². The van der Waals surface area contributed by atoms with Crippen LogP contribution < -0.4 is 5.43 Å². The van der Waals surface area contributed by atoms with E-state index in [1.165, 1.54) is 24.4 Å². The minimum Gasteiger partial charge on any atom is -0.508 e. The Hall–Kier alpha value is -2.89. The number of hydrogen-bond acceptors (Lipinski definition) is 5. The first-order valence-electron chi connectivity index (χ1n) is 5.85. The molecule has 6 nitrogen and oxygen atoms in total. The molecule has 1 heterocycles. The van der Waals surface area contributed by atoms with Crippen LogP contribution in [-0.4, -0.2) is 26.8 Å². The molecule has 1 amide bonds. The molecule has 2 rings (SSSR count). The van der Waals surface area contributed by atoms with Crippen molar-refractivity contribution in [2.45, 2.75) is 6.92 Å². The van der Waals surface area contributed by atoms with E-state index in [0.717, 1.165) is 0 Å². The van der Waals surface area contributed by atoms with Crippen molar-refractivity contribution in [3.05, 3.63) is 53.9 Å². The lowest BCUT2D eigenvalue weighted by atomic mass is 10.1. The lowest BCUT2D eigenvalue weighted by Crippen LogP contribution is -2.19. The molecule has 0 radical (unpaired) electrons. The number of aromatic hydroxyl groups is 2. The van der Waals surface area contributed by atoms with E-state index in [1.807, 2.05) is 0 Å². The summed E-state index contributed by atoms with van der Waals surface area (Å²) >= 11 is 0. The Kier molecular flexibility index (Phi) is 3.95. The Morgan fingerprint density at radius 1 is 1.30 bits per heavy atom. The van der Waals surface area contributed by atoms with Crippen LogP contribution in [0, 0.1) is 0 Å². The van der Waals surface area contributed by atoms with Gasteiger partial charge >= 0.3 is 0 Å². The molecule has 0 saturated carbocycles. The van der Waals surface area contributed by atoms with Crippen molar-refractivity contribution >= 4 is 11.6 Å². The van der Waals surface area contributed by atoms with Crippen molar-refractivity contribution in [1.82, 2.24) is 10.4 Å². The van der Waals surface area contributed by atoms with Gasteiger partial charge in [-0.15, -0.1) is 0 Å². The van der Waals surface area contributed by atoms with Crippen LogP contribution >= 0.6 is 0 Å². The summed E-state index contributed by atoms with van der Waals surface area (Å²) in [6.07, 6.45) is 3.00. The number of hydrogen-bond donors (Lipinski definition) is 3. The minimum absolute atomic E-state index is 0.0431. The number of rotatable bonds is 3. The van der Waals surface area contributed by atoms with Crippen molar-refractivity contribution in [3.8, 4) is 11.5 Å². The predicted octanol–water partition coefficient (Wildman–Crippen LogP) is 1.65. The topological polar surface area (TPSA) is 94.8 Å². The van der Waals surface area contributed by atoms with E-state index in [0.29, 0.717) is 16.8 Å². The van der Waals surface area contributed by atoms with E-state index in [1.54, 1.807) is 25.3 Å². The van der Waals surface area contributed by atoms with Crippen LogP contribution in [0.2, 0.25) is 0 Å². The monoisotopic (exact) mass is 271 g/mol. The van der Waals surface area contributed by atoms with Gasteiger partial charge in [0.15, 0.2) is 0 Å². The number of nitrogens with zero attached hydrogens (tertiary/aromatic N) is 2. The second kappa shape index (κ2) is 5.83. The Morgan fingerprint density at radius 2 is 2.10 bits per heavy atom. The normalized spacial score (nSPS) is 11.2. The summed E-state index contributed by atoms with van der Waals surface area (Å²) in [6.45, 7) is 1.63. The fraction of sp³-hybridized carbons (Fsp3) is 0.0714. The van der Waals surface area contributed by atoms with Gasteiger partial charge in [-0.25, -0.2) is 5.43 Å². The number of carbonyl (C=O) groups excluding carboxylic acids is 1. The van der Waals surface area contributed by atoms with Crippen molar-refractivity contribution in [2.75, 3.05) is 0 Å². The number of phenols is 2. The summed E-state index contributed by atoms with van der Waals surface area (Å²) < 4.78 is 0. The van der Waals surface area contributed by atoms with E-state index in [4.69, 9.17) is 0 Å². The van der Waals surface area contributed by atoms with Crippen LogP contribution in [0.1, 0.15) is 22.8 Å². The van der Waals surface area contributed by atoms with Crippen LogP contribution in [0.5, 0.6) is 11.5 Å². The highest BCUT2D eigenvalue weighted by Crippen LogP contribution is 2.22. The number of aromatic nitrogens is 1. The van der Waals surface area contributed by atoms with Gasteiger partial charge in [-0.3, -0.25) is 9.78 Å². The number of pyridine rings is 1. The molecule has 3 N–H and O–H groups in total. The molecule has 102 valence electrons. The van der Waals surface area contributed by atoms with Crippen molar-refractivity contribution in [3.63, 3.8) is 0 Å². The Labute approximate surface area is 115 Å². The molecule has 0 aliphatic carbocycles. The van der Waals surface area contributed by atoms with Crippen LogP contribution in [0.15, 0.2) is 47.8 Å². The average Bonchev–Trinajstić information content (AvgIpc) is 2.45. The first-order valence-corrected chi connectivity index (χ1v) is 5.85. The SMILES string of the molecule is CC(=NNC(=O)c1cccnc1)c1ccc(O)cc1O. The third kappa shape index (κ3) is 3.11. The zero-order valence-electron chi connectivity index (χ0n) is 10.7. The van der Waals surface area contributed by atoms with Gasteiger partial charge in [-0.1, -0.05) is 0 Å². The predicted molar refractivity (Wildman–Crippen MR) is 73.7 cm³/mol. The molecule has 0 aliphatic rings. The molecule has 0 fully saturated rings. The molecule has 2 aromatic rings. The lowest BCUT2D eigenvalue weighted by molar-refractivity contribution is 0.0954. The zero-order chi connectivity index (χ0) is 14.5. The first-order chi connectivity index (χ1) is 9.58. The van der Waals surface area contributed by atoms with Gasteiger partial charge in [0, 0.05) is 24.0 Å². The van der Waals surface area contributed by atoms with Gasteiger partial charge in [0.1, 0.15) is 11.5 Å². The third-order valence-electron chi connectivity index (χ3n) is 2.62. The zero-order valence-corrected chi connectivity index (χ0v) is 10.7. The second-order valence-electron chi connectivity index (χ2n) is 4.08. The van der Waals surface area contributed by atoms with Gasteiger partial charge in [0.05, 0.1) is 11.3 Å². The number of phenolic OH excluding ortho intramolecular Hbond substituents is 2. The van der Waals surface area contributed by atoms with E-state index < -0.39 is 5.91 Å². The van der Waals surface area contributed by atoms with Crippen molar-refractivity contribution < 1.29 is 15.0 Å².